The Hall–Kier alpha value is -0.120. The number of ether oxygens (including phenoxy) is 1. The number of hydrogen-bond acceptors (Lipinski definition) is 3. The lowest BCUT2D eigenvalue weighted by molar-refractivity contribution is 0.317. The average Bonchev–Trinajstić information content (AvgIpc) is 2.54. The van der Waals surface area contributed by atoms with Crippen LogP contribution in [0.1, 0.15) is 25.7 Å². The molecule has 3 nitrogen and oxygen atoms in total. The van der Waals surface area contributed by atoms with Gasteiger partial charge in [-0.1, -0.05) is 12.8 Å². The molecule has 11 heavy (non-hydrogen) atoms. The molecule has 0 aromatic rings. The van der Waals surface area contributed by atoms with E-state index in [4.69, 9.17) is 4.74 Å². The Morgan fingerprint density at radius 1 is 1.18 bits per heavy atom. The van der Waals surface area contributed by atoms with Crippen LogP contribution >= 0.6 is 0 Å². The summed E-state index contributed by atoms with van der Waals surface area (Å²) >= 11 is 0. The third-order valence-electron chi connectivity index (χ3n) is 2.53. The molecular weight excluding hydrogens is 140 g/mol. The van der Waals surface area contributed by atoms with Crippen molar-refractivity contribution in [1.82, 2.24) is 10.6 Å². The van der Waals surface area contributed by atoms with Gasteiger partial charge >= 0.3 is 0 Å². The van der Waals surface area contributed by atoms with Crippen molar-refractivity contribution in [2.24, 2.45) is 0 Å². The molecule has 1 heterocycles. The van der Waals surface area contributed by atoms with Gasteiger partial charge in [0.25, 0.3) is 0 Å². The highest BCUT2D eigenvalue weighted by Crippen LogP contribution is 2.23. The molecule has 0 aromatic carbocycles. The molecule has 2 atom stereocenters. The summed E-state index contributed by atoms with van der Waals surface area (Å²) in [6, 6.07) is 0.721. The summed E-state index contributed by atoms with van der Waals surface area (Å²) in [5.74, 6) is 0. The van der Waals surface area contributed by atoms with Crippen molar-refractivity contribution < 1.29 is 4.74 Å². The average molecular weight is 156 g/mol. The lowest BCUT2D eigenvalue weighted by Gasteiger charge is -2.07. The monoisotopic (exact) mass is 156 g/mol. The molecule has 0 radical (unpaired) electrons. The second-order valence-electron chi connectivity index (χ2n) is 3.41. The van der Waals surface area contributed by atoms with Gasteiger partial charge < -0.3 is 4.74 Å². The first kappa shape index (κ1) is 7.53. The predicted octanol–water partition coefficient (Wildman–Crippen LogP) is 0.420. The Bertz CT molecular complexity index is 134. The molecule has 2 rings (SSSR count). The van der Waals surface area contributed by atoms with Gasteiger partial charge in [-0.2, -0.15) is 0 Å². The summed E-state index contributed by atoms with van der Waals surface area (Å²) in [6.07, 6.45) is 5.99. The van der Waals surface area contributed by atoms with Crippen LogP contribution in [-0.4, -0.2) is 25.5 Å². The summed E-state index contributed by atoms with van der Waals surface area (Å²) in [6.45, 7) is 0. The van der Waals surface area contributed by atoms with Gasteiger partial charge in [0.1, 0.15) is 6.23 Å². The summed E-state index contributed by atoms with van der Waals surface area (Å²) in [5, 5.41) is 6.55. The van der Waals surface area contributed by atoms with Crippen molar-refractivity contribution in [3.05, 3.63) is 0 Å². The molecule has 1 aliphatic heterocycles. The maximum Gasteiger partial charge on any atom is 0.150 e. The Labute approximate surface area is 67.5 Å². The Morgan fingerprint density at radius 3 is 2.45 bits per heavy atom. The molecule has 64 valence electrons. The number of epoxide rings is 1. The van der Waals surface area contributed by atoms with Crippen molar-refractivity contribution >= 4 is 0 Å². The third-order valence-corrected chi connectivity index (χ3v) is 2.53. The van der Waals surface area contributed by atoms with Crippen LogP contribution in [0.2, 0.25) is 0 Å². The van der Waals surface area contributed by atoms with Gasteiger partial charge in [-0.05, 0) is 19.9 Å². The summed E-state index contributed by atoms with van der Waals surface area (Å²) < 4.78 is 5.31. The first-order valence-corrected chi connectivity index (χ1v) is 4.49. The highest BCUT2D eigenvalue weighted by Gasteiger charge is 2.39. The quantitative estimate of drug-likeness (QED) is 0.581. The van der Waals surface area contributed by atoms with Gasteiger partial charge in [-0.25, -0.2) is 0 Å². The molecule has 0 spiro atoms. The SMILES string of the molecule is CNC1OC1NC1CCCC1. The van der Waals surface area contributed by atoms with Crippen LogP contribution in [0.15, 0.2) is 0 Å². The van der Waals surface area contributed by atoms with E-state index in [0.717, 1.165) is 6.04 Å². The minimum absolute atomic E-state index is 0.274. The molecule has 1 saturated carbocycles. The standard InChI is InChI=1S/C8H16N2O/c1-9-7-8(11-7)10-6-4-2-3-5-6/h6-10H,2-5H2,1H3. The third kappa shape index (κ3) is 1.72. The maximum atomic E-state index is 5.31. The first-order valence-electron chi connectivity index (χ1n) is 4.49. The molecule has 2 fully saturated rings. The van der Waals surface area contributed by atoms with E-state index in [1.54, 1.807) is 0 Å². The van der Waals surface area contributed by atoms with E-state index >= 15 is 0 Å². The number of nitrogens with one attached hydrogen (secondary N) is 2. The van der Waals surface area contributed by atoms with E-state index in [-0.39, 0.29) is 6.23 Å². The zero-order valence-corrected chi connectivity index (χ0v) is 6.97. The van der Waals surface area contributed by atoms with Crippen LogP contribution in [0.4, 0.5) is 0 Å². The molecule has 0 bridgehead atoms. The highest BCUT2D eigenvalue weighted by atomic mass is 16.6. The Morgan fingerprint density at radius 2 is 1.91 bits per heavy atom. The van der Waals surface area contributed by atoms with Crippen LogP contribution in [-0.2, 0) is 4.74 Å². The van der Waals surface area contributed by atoms with Crippen LogP contribution in [0.5, 0.6) is 0 Å². The van der Waals surface area contributed by atoms with E-state index in [2.05, 4.69) is 10.6 Å². The van der Waals surface area contributed by atoms with Crippen molar-refractivity contribution in [3.63, 3.8) is 0 Å². The lowest BCUT2D eigenvalue weighted by Crippen LogP contribution is -2.32. The van der Waals surface area contributed by atoms with E-state index in [0.29, 0.717) is 6.23 Å². The summed E-state index contributed by atoms with van der Waals surface area (Å²) in [5.41, 5.74) is 0. The Balaban J connectivity index is 1.66. The van der Waals surface area contributed by atoms with Crippen molar-refractivity contribution in [3.8, 4) is 0 Å². The maximum absolute atomic E-state index is 5.31. The minimum atomic E-state index is 0.274. The molecule has 1 aliphatic carbocycles. The molecule has 1 saturated heterocycles. The van der Waals surface area contributed by atoms with Crippen LogP contribution < -0.4 is 10.6 Å². The second kappa shape index (κ2) is 3.09. The lowest BCUT2D eigenvalue weighted by atomic mass is 10.2. The first-order chi connectivity index (χ1) is 5.40. The fraction of sp³-hybridized carbons (Fsp3) is 1.00. The van der Waals surface area contributed by atoms with Gasteiger partial charge in [0.2, 0.25) is 0 Å². The van der Waals surface area contributed by atoms with E-state index in [1.165, 1.54) is 25.7 Å². The molecule has 2 aliphatic rings. The van der Waals surface area contributed by atoms with Gasteiger partial charge in [0.05, 0.1) is 0 Å². The number of hydrogen-bond donors (Lipinski definition) is 2. The number of likely N-dealkylation sites (N-methyl/N-ethyl adjacent to an activating group) is 1. The highest BCUT2D eigenvalue weighted by molar-refractivity contribution is 4.84. The molecule has 3 heteroatoms. The van der Waals surface area contributed by atoms with Crippen LogP contribution in [0.25, 0.3) is 0 Å². The van der Waals surface area contributed by atoms with Crippen molar-refractivity contribution in [2.45, 2.75) is 44.2 Å². The van der Waals surface area contributed by atoms with E-state index < -0.39 is 0 Å². The van der Waals surface area contributed by atoms with Gasteiger partial charge in [0.15, 0.2) is 6.23 Å². The largest absolute Gasteiger partial charge is 0.337 e. The smallest absolute Gasteiger partial charge is 0.150 e. The fourth-order valence-corrected chi connectivity index (χ4v) is 1.78. The topological polar surface area (TPSA) is 36.6 Å². The van der Waals surface area contributed by atoms with Crippen molar-refractivity contribution in [1.29, 1.82) is 0 Å². The molecule has 2 N–H and O–H groups in total. The molecule has 0 amide bonds. The van der Waals surface area contributed by atoms with Crippen LogP contribution in [0.3, 0.4) is 0 Å². The zero-order valence-electron chi connectivity index (χ0n) is 6.97. The van der Waals surface area contributed by atoms with Crippen LogP contribution in [0, 0.1) is 0 Å². The van der Waals surface area contributed by atoms with Gasteiger partial charge in [-0.3, -0.25) is 10.6 Å². The predicted molar refractivity (Wildman–Crippen MR) is 43.1 cm³/mol. The van der Waals surface area contributed by atoms with E-state index in [9.17, 15) is 0 Å². The van der Waals surface area contributed by atoms with Gasteiger partial charge in [-0.15, -0.1) is 0 Å². The normalized spacial score (nSPS) is 37.9. The van der Waals surface area contributed by atoms with Crippen molar-refractivity contribution in [2.75, 3.05) is 7.05 Å². The van der Waals surface area contributed by atoms with Gasteiger partial charge in [0, 0.05) is 6.04 Å². The molecule has 2 unspecified atom stereocenters. The summed E-state index contributed by atoms with van der Waals surface area (Å²) in [7, 11) is 1.93. The molecule has 0 aromatic heterocycles. The minimum Gasteiger partial charge on any atom is -0.337 e. The fourth-order valence-electron chi connectivity index (χ4n) is 1.78. The summed E-state index contributed by atoms with van der Waals surface area (Å²) in [4.78, 5) is 0. The zero-order chi connectivity index (χ0) is 7.68. The van der Waals surface area contributed by atoms with E-state index in [1.807, 2.05) is 7.05 Å². The number of rotatable bonds is 3. The Kier molecular flexibility index (Phi) is 2.11. The second-order valence-corrected chi connectivity index (χ2v) is 3.41. The molecular formula is C8H16N2O.